The molecule has 136 valence electrons. The second kappa shape index (κ2) is 7.15. The lowest BCUT2D eigenvalue weighted by atomic mass is 10.00. The molecule has 8 heteroatoms. The first-order valence-electron chi connectivity index (χ1n) is 8.40. The van der Waals surface area contributed by atoms with Crippen molar-refractivity contribution in [2.45, 2.75) is 43.2 Å². The molecule has 1 aliphatic rings. The second-order valence-corrected chi connectivity index (χ2v) is 8.22. The predicted octanol–water partition coefficient (Wildman–Crippen LogP) is 1.77. The minimum Gasteiger partial charge on any atom is -0.494 e. The molecule has 0 amide bonds. The van der Waals surface area contributed by atoms with Crippen LogP contribution in [-0.2, 0) is 10.0 Å². The van der Waals surface area contributed by atoms with E-state index in [-0.39, 0.29) is 17.0 Å². The maximum absolute atomic E-state index is 13.1. The van der Waals surface area contributed by atoms with Gasteiger partial charge in [0.25, 0.3) is 0 Å². The molecule has 0 saturated carbocycles. The summed E-state index contributed by atoms with van der Waals surface area (Å²) in [6.45, 7) is 2.35. The number of ether oxygens (including phenoxy) is 1. The molecular weight excluding hydrogens is 340 g/mol. The number of benzene rings is 1. The molecular formula is C17H24N4O3S. The van der Waals surface area contributed by atoms with Gasteiger partial charge in [0, 0.05) is 18.6 Å². The average molecular weight is 364 g/mol. The number of hydrogen-bond acceptors (Lipinski definition) is 5. The Kier molecular flexibility index (Phi) is 5.12. The van der Waals surface area contributed by atoms with Crippen LogP contribution in [0.5, 0.6) is 5.75 Å². The molecule has 3 rings (SSSR count). The summed E-state index contributed by atoms with van der Waals surface area (Å²) in [6, 6.07) is 6.96. The molecule has 25 heavy (non-hydrogen) atoms. The van der Waals surface area contributed by atoms with Gasteiger partial charge in [-0.2, -0.15) is 9.40 Å². The molecule has 2 N–H and O–H groups in total. The Hall–Kier alpha value is -1.90. The third kappa shape index (κ3) is 3.42. The van der Waals surface area contributed by atoms with Gasteiger partial charge in [0.1, 0.15) is 16.3 Å². The minimum absolute atomic E-state index is 0.172. The van der Waals surface area contributed by atoms with Gasteiger partial charge in [0.2, 0.25) is 10.0 Å². The number of nitrogens with two attached hydrogens (primary N) is 1. The molecule has 1 aromatic heterocycles. The van der Waals surface area contributed by atoms with E-state index in [0.717, 1.165) is 19.3 Å². The highest BCUT2D eigenvalue weighted by Crippen LogP contribution is 2.28. The van der Waals surface area contributed by atoms with Crippen molar-refractivity contribution in [1.29, 1.82) is 0 Å². The lowest BCUT2D eigenvalue weighted by molar-refractivity contribution is 0.227. The fraction of sp³-hybridized carbons (Fsp3) is 0.471. The zero-order chi connectivity index (χ0) is 18.0. The van der Waals surface area contributed by atoms with Crippen LogP contribution in [0.4, 0.5) is 0 Å². The SMILES string of the molecule is COc1ccccc1-n1cc(S(=O)(=O)N2CCCCC2C(C)N)cn1. The quantitative estimate of drug-likeness (QED) is 0.873. The molecule has 1 aromatic carbocycles. The third-order valence-corrected chi connectivity index (χ3v) is 6.48. The van der Waals surface area contributed by atoms with Crippen molar-refractivity contribution in [3.63, 3.8) is 0 Å². The lowest BCUT2D eigenvalue weighted by Crippen LogP contribution is -2.51. The number of nitrogens with zero attached hydrogens (tertiary/aromatic N) is 3. The van der Waals surface area contributed by atoms with Gasteiger partial charge in [0.05, 0.1) is 19.5 Å². The zero-order valence-electron chi connectivity index (χ0n) is 14.5. The van der Waals surface area contributed by atoms with Gasteiger partial charge in [-0.3, -0.25) is 0 Å². The van der Waals surface area contributed by atoms with Crippen LogP contribution >= 0.6 is 0 Å². The van der Waals surface area contributed by atoms with Gasteiger partial charge in [-0.05, 0) is 31.9 Å². The van der Waals surface area contributed by atoms with Crippen LogP contribution < -0.4 is 10.5 Å². The Morgan fingerprint density at radius 2 is 2.08 bits per heavy atom. The normalized spacial score (nSPS) is 20.4. The van der Waals surface area contributed by atoms with Crippen LogP contribution in [0.25, 0.3) is 5.69 Å². The molecule has 7 nitrogen and oxygen atoms in total. The first kappa shape index (κ1) is 17.9. The number of methoxy groups -OCH3 is 1. The van der Waals surface area contributed by atoms with Crippen molar-refractivity contribution >= 4 is 10.0 Å². The summed E-state index contributed by atoms with van der Waals surface area (Å²) < 4.78 is 34.6. The Morgan fingerprint density at radius 3 is 2.80 bits per heavy atom. The molecule has 0 spiro atoms. The summed E-state index contributed by atoms with van der Waals surface area (Å²) in [4.78, 5) is 0.172. The molecule has 0 bridgehead atoms. The fourth-order valence-corrected chi connectivity index (χ4v) is 4.99. The van der Waals surface area contributed by atoms with Crippen molar-refractivity contribution in [3.05, 3.63) is 36.7 Å². The summed E-state index contributed by atoms with van der Waals surface area (Å²) in [5, 5.41) is 4.23. The van der Waals surface area contributed by atoms with E-state index in [1.54, 1.807) is 7.11 Å². The number of rotatable bonds is 5. The van der Waals surface area contributed by atoms with E-state index in [9.17, 15) is 8.42 Å². The number of aromatic nitrogens is 2. The van der Waals surface area contributed by atoms with E-state index < -0.39 is 10.0 Å². The van der Waals surface area contributed by atoms with Gasteiger partial charge in [-0.25, -0.2) is 13.1 Å². The van der Waals surface area contributed by atoms with Crippen LogP contribution in [0.2, 0.25) is 0 Å². The van der Waals surface area contributed by atoms with Crippen LogP contribution in [-0.4, -0.2) is 48.2 Å². The molecule has 0 aliphatic carbocycles. The van der Waals surface area contributed by atoms with Gasteiger partial charge < -0.3 is 10.5 Å². The van der Waals surface area contributed by atoms with Crippen molar-refractivity contribution in [1.82, 2.24) is 14.1 Å². The molecule has 0 radical (unpaired) electrons. The van der Waals surface area contributed by atoms with Crippen molar-refractivity contribution < 1.29 is 13.2 Å². The van der Waals surface area contributed by atoms with Gasteiger partial charge in [-0.15, -0.1) is 0 Å². The standard InChI is InChI=1S/C17H24N4O3S/c1-13(18)15-7-5-6-10-21(15)25(22,23)14-11-19-20(12-14)16-8-3-4-9-17(16)24-2/h3-4,8-9,11-13,15H,5-7,10,18H2,1-2H3. The van der Waals surface area contributed by atoms with E-state index in [2.05, 4.69) is 5.10 Å². The summed E-state index contributed by atoms with van der Waals surface area (Å²) in [6.07, 6.45) is 5.55. The van der Waals surface area contributed by atoms with Crippen molar-refractivity contribution in [3.8, 4) is 11.4 Å². The highest BCUT2D eigenvalue weighted by molar-refractivity contribution is 7.89. The van der Waals surface area contributed by atoms with Crippen LogP contribution in [0, 0.1) is 0 Å². The van der Waals surface area contributed by atoms with Crippen molar-refractivity contribution in [2.24, 2.45) is 5.73 Å². The summed E-state index contributed by atoms with van der Waals surface area (Å²) in [7, 11) is -2.06. The third-order valence-electron chi connectivity index (χ3n) is 4.60. The first-order chi connectivity index (χ1) is 11.9. The summed E-state index contributed by atoms with van der Waals surface area (Å²) >= 11 is 0. The Labute approximate surface area is 148 Å². The van der Waals surface area contributed by atoms with E-state index in [1.807, 2.05) is 31.2 Å². The number of piperidine rings is 1. The van der Waals surface area contributed by atoms with Crippen LogP contribution in [0.15, 0.2) is 41.6 Å². The largest absolute Gasteiger partial charge is 0.494 e. The van der Waals surface area contributed by atoms with Gasteiger partial charge in [0.15, 0.2) is 0 Å². The van der Waals surface area contributed by atoms with Crippen LogP contribution in [0.3, 0.4) is 0 Å². The van der Waals surface area contributed by atoms with Crippen molar-refractivity contribution in [2.75, 3.05) is 13.7 Å². The summed E-state index contributed by atoms with van der Waals surface area (Å²) in [5.74, 6) is 0.626. The number of hydrogen-bond donors (Lipinski definition) is 1. The smallest absolute Gasteiger partial charge is 0.246 e. The maximum Gasteiger partial charge on any atom is 0.246 e. The highest BCUT2D eigenvalue weighted by atomic mass is 32.2. The van der Waals surface area contributed by atoms with Gasteiger partial charge in [-0.1, -0.05) is 18.6 Å². The molecule has 2 atom stereocenters. The zero-order valence-corrected chi connectivity index (χ0v) is 15.3. The Bertz CT molecular complexity index is 832. The number of para-hydroxylation sites is 2. The first-order valence-corrected chi connectivity index (χ1v) is 9.84. The molecule has 2 unspecified atom stereocenters. The monoisotopic (exact) mass is 364 g/mol. The molecule has 1 aliphatic heterocycles. The maximum atomic E-state index is 13.1. The van der Waals surface area contributed by atoms with E-state index in [1.165, 1.54) is 21.4 Å². The van der Waals surface area contributed by atoms with Crippen LogP contribution in [0.1, 0.15) is 26.2 Å². The number of sulfonamides is 1. The highest BCUT2D eigenvalue weighted by Gasteiger charge is 2.36. The predicted molar refractivity (Wildman–Crippen MR) is 95.3 cm³/mol. The molecule has 2 aromatic rings. The topological polar surface area (TPSA) is 90.5 Å². The molecule has 2 heterocycles. The van der Waals surface area contributed by atoms with E-state index in [4.69, 9.17) is 10.5 Å². The second-order valence-electron chi connectivity index (χ2n) is 6.33. The summed E-state index contributed by atoms with van der Waals surface area (Å²) in [5.41, 5.74) is 6.71. The minimum atomic E-state index is -3.63. The average Bonchev–Trinajstić information content (AvgIpc) is 3.12. The van der Waals surface area contributed by atoms with E-state index >= 15 is 0 Å². The molecule has 1 saturated heterocycles. The molecule has 1 fully saturated rings. The Balaban J connectivity index is 1.95. The van der Waals surface area contributed by atoms with Gasteiger partial charge >= 0.3 is 0 Å². The Morgan fingerprint density at radius 1 is 1.32 bits per heavy atom. The van der Waals surface area contributed by atoms with E-state index in [0.29, 0.717) is 18.0 Å². The lowest BCUT2D eigenvalue weighted by Gasteiger charge is -2.36. The fourth-order valence-electron chi connectivity index (χ4n) is 3.28.